The number of carboxylic acids is 1. The fraction of sp³-hybridized carbons (Fsp3) is 0. The molecule has 1 aromatic rings. The van der Waals surface area contributed by atoms with Gasteiger partial charge in [-0.05, 0) is 57.3 Å². The molecule has 2 N–H and O–H groups in total. The lowest BCUT2D eigenvalue weighted by Crippen LogP contribution is -1.99. The fourth-order valence-corrected chi connectivity index (χ4v) is 4.44. The van der Waals surface area contributed by atoms with Crippen molar-refractivity contribution < 1.29 is 9.90 Å². The third-order valence-corrected chi connectivity index (χ3v) is 3.62. The lowest BCUT2D eigenvalue weighted by molar-refractivity contribution is 0.0697. The van der Waals surface area contributed by atoms with Gasteiger partial charge in [-0.3, -0.25) is 0 Å². The molecular formula is C7H4I3NO2. The first-order valence-corrected chi connectivity index (χ1v) is 6.39. The highest BCUT2D eigenvalue weighted by Gasteiger charge is 2.10. The molecule has 1 rings (SSSR count). The second-order valence-electron chi connectivity index (χ2n) is 2.21. The molecule has 0 aliphatic carbocycles. The van der Waals surface area contributed by atoms with E-state index in [4.69, 9.17) is 5.11 Å². The molecule has 0 saturated carbocycles. The summed E-state index contributed by atoms with van der Waals surface area (Å²) in [5.41, 5.74) is 1.29. The topological polar surface area (TPSA) is 49.3 Å². The minimum Gasteiger partial charge on any atom is -0.478 e. The Bertz CT molecular complexity index is 331. The molecule has 0 atom stereocenters. The van der Waals surface area contributed by atoms with Crippen molar-refractivity contribution in [3.63, 3.8) is 0 Å². The maximum Gasteiger partial charge on any atom is 0.335 e. The zero-order valence-corrected chi connectivity index (χ0v) is 12.6. The van der Waals surface area contributed by atoms with Crippen LogP contribution in [0.4, 0.5) is 5.69 Å². The molecule has 3 nitrogen and oxygen atoms in total. The molecule has 70 valence electrons. The van der Waals surface area contributed by atoms with Crippen molar-refractivity contribution in [2.45, 2.75) is 0 Å². The van der Waals surface area contributed by atoms with E-state index in [0.717, 1.165) is 12.8 Å². The quantitative estimate of drug-likeness (QED) is 0.470. The van der Waals surface area contributed by atoms with Crippen LogP contribution < -0.4 is 3.53 Å². The van der Waals surface area contributed by atoms with E-state index in [0.29, 0.717) is 5.56 Å². The van der Waals surface area contributed by atoms with Crippen molar-refractivity contribution in [2.75, 3.05) is 3.53 Å². The number of hydrogen-bond donors (Lipinski definition) is 2. The van der Waals surface area contributed by atoms with Gasteiger partial charge in [0.25, 0.3) is 0 Å². The summed E-state index contributed by atoms with van der Waals surface area (Å²) in [6, 6.07) is 3.29. The number of nitrogens with one attached hydrogen (secondary N) is 1. The number of benzene rings is 1. The molecule has 1 aromatic carbocycles. The SMILES string of the molecule is O=C(O)c1cc(I)c(NI)c(I)c1. The molecule has 0 aromatic heterocycles. The van der Waals surface area contributed by atoms with Gasteiger partial charge in [0, 0.05) is 7.14 Å². The Hall–Kier alpha value is 0.680. The molecule has 0 saturated heterocycles. The van der Waals surface area contributed by atoms with Gasteiger partial charge in [-0.15, -0.1) is 0 Å². The van der Waals surface area contributed by atoms with Gasteiger partial charge in [-0.2, -0.15) is 0 Å². The summed E-state index contributed by atoms with van der Waals surface area (Å²) < 4.78 is 4.82. The Labute approximate surface area is 116 Å². The minimum atomic E-state index is -0.893. The zero-order chi connectivity index (χ0) is 10.0. The van der Waals surface area contributed by atoms with Gasteiger partial charge in [-0.25, -0.2) is 4.79 Å². The highest BCUT2D eigenvalue weighted by molar-refractivity contribution is 14.1. The number of carboxylic acid groups (broad SMARTS) is 1. The Morgan fingerprint density at radius 2 is 1.77 bits per heavy atom. The van der Waals surface area contributed by atoms with Gasteiger partial charge < -0.3 is 8.64 Å². The van der Waals surface area contributed by atoms with Gasteiger partial charge in [0.2, 0.25) is 0 Å². The minimum absolute atomic E-state index is 0.323. The number of rotatable bonds is 2. The predicted octanol–water partition coefficient (Wildman–Crippen LogP) is 3.36. The normalized spacial score (nSPS) is 9.77. The third-order valence-electron chi connectivity index (χ3n) is 1.38. The lowest BCUT2D eigenvalue weighted by atomic mass is 10.2. The first kappa shape index (κ1) is 11.8. The van der Waals surface area contributed by atoms with Crippen LogP contribution in [0.1, 0.15) is 10.4 Å². The monoisotopic (exact) mass is 515 g/mol. The van der Waals surface area contributed by atoms with Gasteiger partial charge >= 0.3 is 5.97 Å². The average molecular weight is 515 g/mol. The molecule has 0 amide bonds. The van der Waals surface area contributed by atoms with Gasteiger partial charge in [-0.1, -0.05) is 0 Å². The number of halogens is 3. The van der Waals surface area contributed by atoms with Crippen molar-refractivity contribution in [3.05, 3.63) is 24.8 Å². The fourth-order valence-electron chi connectivity index (χ4n) is 0.787. The highest BCUT2D eigenvalue weighted by Crippen LogP contribution is 2.27. The van der Waals surface area contributed by atoms with Gasteiger partial charge in [0.05, 0.1) is 34.1 Å². The standard InChI is InChI=1S/C7H4I3NO2/c8-4-1-3(7(12)13)2-5(9)6(4)11-10/h1-2,11H,(H,12,13). The molecule has 0 bridgehead atoms. The molecule has 0 fully saturated rings. The first-order valence-electron chi connectivity index (χ1n) is 3.15. The highest BCUT2D eigenvalue weighted by atomic mass is 127. The van der Waals surface area contributed by atoms with Crippen LogP contribution in [0.25, 0.3) is 0 Å². The number of aromatic carboxylic acids is 1. The first-order chi connectivity index (χ1) is 6.06. The van der Waals surface area contributed by atoms with Crippen molar-refractivity contribution in [1.29, 1.82) is 0 Å². The summed E-state index contributed by atoms with van der Waals surface area (Å²) in [7, 11) is 0. The second-order valence-corrected chi connectivity index (χ2v) is 5.08. The van der Waals surface area contributed by atoms with Crippen LogP contribution in [-0.4, -0.2) is 11.1 Å². The molecule has 0 spiro atoms. The van der Waals surface area contributed by atoms with E-state index in [1.165, 1.54) is 0 Å². The molecule has 0 aliphatic heterocycles. The number of hydrogen-bond acceptors (Lipinski definition) is 2. The van der Waals surface area contributed by atoms with E-state index in [1.807, 2.05) is 22.9 Å². The lowest BCUT2D eigenvalue weighted by Gasteiger charge is -2.06. The van der Waals surface area contributed by atoms with Crippen LogP contribution in [0, 0.1) is 7.14 Å². The van der Waals surface area contributed by atoms with Crippen LogP contribution in [0.5, 0.6) is 0 Å². The van der Waals surface area contributed by atoms with Crippen LogP contribution in [-0.2, 0) is 0 Å². The maximum atomic E-state index is 10.7. The molecule has 0 aliphatic rings. The van der Waals surface area contributed by atoms with Gasteiger partial charge in [0.1, 0.15) is 0 Å². The van der Waals surface area contributed by atoms with E-state index in [2.05, 4.69) is 48.7 Å². The van der Waals surface area contributed by atoms with Crippen LogP contribution >= 0.6 is 68.0 Å². The van der Waals surface area contributed by atoms with Crippen LogP contribution in [0.2, 0.25) is 0 Å². The number of carbonyl (C=O) groups is 1. The molecule has 6 heteroatoms. The van der Waals surface area contributed by atoms with Crippen molar-refractivity contribution in [1.82, 2.24) is 0 Å². The predicted molar refractivity (Wildman–Crippen MR) is 76.5 cm³/mol. The van der Waals surface area contributed by atoms with Gasteiger partial charge in [0.15, 0.2) is 0 Å². The Kier molecular flexibility index (Phi) is 4.48. The molecule has 0 heterocycles. The largest absolute Gasteiger partial charge is 0.478 e. The Balaban J connectivity index is 3.28. The third kappa shape index (κ3) is 2.81. The van der Waals surface area contributed by atoms with E-state index < -0.39 is 5.97 Å². The Morgan fingerprint density at radius 3 is 2.08 bits per heavy atom. The summed E-state index contributed by atoms with van der Waals surface area (Å²) in [6.07, 6.45) is 0. The van der Waals surface area contributed by atoms with E-state index in [1.54, 1.807) is 12.1 Å². The molecular weight excluding hydrogens is 511 g/mol. The Morgan fingerprint density at radius 1 is 1.31 bits per heavy atom. The molecule has 13 heavy (non-hydrogen) atoms. The smallest absolute Gasteiger partial charge is 0.335 e. The zero-order valence-electron chi connectivity index (χ0n) is 6.14. The van der Waals surface area contributed by atoms with E-state index >= 15 is 0 Å². The maximum absolute atomic E-state index is 10.7. The molecule has 0 radical (unpaired) electrons. The summed E-state index contributed by atoms with van der Waals surface area (Å²) in [5.74, 6) is -0.893. The van der Waals surface area contributed by atoms with E-state index in [9.17, 15) is 4.79 Å². The molecule has 0 unspecified atom stereocenters. The number of anilines is 1. The second kappa shape index (κ2) is 4.96. The summed E-state index contributed by atoms with van der Waals surface area (Å²) >= 11 is 6.25. The van der Waals surface area contributed by atoms with E-state index in [-0.39, 0.29) is 0 Å². The van der Waals surface area contributed by atoms with Crippen molar-refractivity contribution >= 4 is 79.7 Å². The van der Waals surface area contributed by atoms with Crippen LogP contribution in [0.3, 0.4) is 0 Å². The summed E-state index contributed by atoms with van der Waals surface area (Å²) in [6.45, 7) is 0. The summed E-state index contributed by atoms with van der Waals surface area (Å²) in [4.78, 5) is 10.7. The van der Waals surface area contributed by atoms with Crippen molar-refractivity contribution in [3.8, 4) is 0 Å². The van der Waals surface area contributed by atoms with Crippen LogP contribution in [0.15, 0.2) is 12.1 Å². The van der Waals surface area contributed by atoms with Crippen molar-refractivity contribution in [2.24, 2.45) is 0 Å². The summed E-state index contributed by atoms with van der Waals surface area (Å²) in [5, 5.41) is 8.77. The average Bonchev–Trinajstić information content (AvgIpc) is 2.03.